The second kappa shape index (κ2) is 7.79. The number of allylic oxidation sites excluding steroid dienone is 2. The monoisotopic (exact) mass is 400 g/mol. The molecule has 0 amide bonds. The zero-order valence-electron chi connectivity index (χ0n) is 16.5. The Morgan fingerprint density at radius 3 is 2.76 bits per heavy atom. The van der Waals surface area contributed by atoms with Crippen molar-refractivity contribution in [2.75, 3.05) is 26.3 Å². The Hall–Kier alpha value is -2.39. The average molecular weight is 400 g/mol. The lowest BCUT2D eigenvalue weighted by atomic mass is 9.86. The molecule has 1 aromatic heterocycles. The molecule has 0 aromatic carbocycles. The van der Waals surface area contributed by atoms with Gasteiger partial charge in [-0.3, -0.25) is 14.7 Å². The van der Waals surface area contributed by atoms with Crippen LogP contribution < -0.4 is 0 Å². The molecule has 1 fully saturated rings. The highest BCUT2D eigenvalue weighted by atomic mass is 16.7. The first-order valence-electron chi connectivity index (χ1n) is 9.64. The second-order valence-corrected chi connectivity index (χ2v) is 7.38. The minimum atomic E-state index is -1.37. The Morgan fingerprint density at radius 1 is 1.31 bits per heavy atom. The molecular formula is C21H24N2O6. The minimum absolute atomic E-state index is 0.165. The van der Waals surface area contributed by atoms with E-state index in [1.807, 2.05) is 4.90 Å². The van der Waals surface area contributed by atoms with E-state index in [2.05, 4.69) is 4.98 Å². The van der Waals surface area contributed by atoms with Crippen LogP contribution in [-0.2, 0) is 25.6 Å². The first-order chi connectivity index (χ1) is 13.9. The minimum Gasteiger partial charge on any atom is -0.429 e. The number of aliphatic hydroxyl groups is 1. The van der Waals surface area contributed by atoms with Gasteiger partial charge in [0.05, 0.1) is 19.8 Å². The Balaban J connectivity index is 1.67. The summed E-state index contributed by atoms with van der Waals surface area (Å²) >= 11 is 0. The number of aliphatic hydroxyl groups excluding tert-OH is 1. The molecule has 3 aliphatic rings. The molecule has 3 heterocycles. The van der Waals surface area contributed by atoms with Gasteiger partial charge in [-0.25, -0.2) is 4.79 Å². The molecular weight excluding hydrogens is 376 g/mol. The number of aryl methyl sites for hydroxylation is 1. The molecule has 4 rings (SSSR count). The van der Waals surface area contributed by atoms with Crippen LogP contribution in [0.5, 0.6) is 0 Å². The molecule has 0 spiro atoms. The van der Waals surface area contributed by atoms with Gasteiger partial charge in [-0.2, -0.15) is 0 Å². The van der Waals surface area contributed by atoms with Gasteiger partial charge in [-0.05, 0) is 13.8 Å². The van der Waals surface area contributed by atoms with E-state index in [4.69, 9.17) is 14.2 Å². The number of carbonyl (C=O) groups is 2. The van der Waals surface area contributed by atoms with Crippen LogP contribution in [0.1, 0.15) is 40.4 Å². The first-order valence-corrected chi connectivity index (χ1v) is 9.64. The van der Waals surface area contributed by atoms with E-state index in [-0.39, 0.29) is 12.4 Å². The molecule has 1 aliphatic carbocycles. The van der Waals surface area contributed by atoms with Gasteiger partial charge in [0.2, 0.25) is 6.29 Å². The maximum Gasteiger partial charge on any atom is 0.336 e. The van der Waals surface area contributed by atoms with E-state index in [9.17, 15) is 14.7 Å². The van der Waals surface area contributed by atoms with Crippen LogP contribution in [-0.4, -0.2) is 64.7 Å². The van der Waals surface area contributed by atoms with Gasteiger partial charge in [-0.1, -0.05) is 24.3 Å². The number of ketones is 1. The van der Waals surface area contributed by atoms with Crippen molar-refractivity contribution in [3.8, 4) is 0 Å². The van der Waals surface area contributed by atoms with Gasteiger partial charge in [0.25, 0.3) is 0 Å². The fraction of sp³-hybridized carbons (Fsp3) is 0.476. The SMILES string of the molecule is CC(=O)c1c(C)ncc2c1C(OC(=O)C1(N3CCOCC3)C=CC=CC1O)OC2. The van der Waals surface area contributed by atoms with Crippen LogP contribution in [0.4, 0.5) is 0 Å². The zero-order chi connectivity index (χ0) is 20.6. The topological polar surface area (TPSA) is 98.2 Å². The van der Waals surface area contributed by atoms with E-state index < -0.39 is 23.9 Å². The third kappa shape index (κ3) is 3.32. The fourth-order valence-corrected chi connectivity index (χ4v) is 4.19. The van der Waals surface area contributed by atoms with Crippen molar-refractivity contribution < 1.29 is 28.9 Å². The van der Waals surface area contributed by atoms with Crippen LogP contribution in [0.25, 0.3) is 0 Å². The number of hydrogen-bond donors (Lipinski definition) is 1. The summed E-state index contributed by atoms with van der Waals surface area (Å²) in [6, 6.07) is 0. The number of hydrogen-bond acceptors (Lipinski definition) is 8. The van der Waals surface area contributed by atoms with Gasteiger partial charge < -0.3 is 19.3 Å². The quantitative estimate of drug-likeness (QED) is 0.595. The predicted molar refractivity (Wildman–Crippen MR) is 102 cm³/mol. The lowest BCUT2D eigenvalue weighted by Gasteiger charge is -2.44. The summed E-state index contributed by atoms with van der Waals surface area (Å²) in [6.07, 6.45) is 6.18. The van der Waals surface area contributed by atoms with Gasteiger partial charge >= 0.3 is 5.97 Å². The highest BCUT2D eigenvalue weighted by molar-refractivity contribution is 5.97. The third-order valence-electron chi connectivity index (χ3n) is 5.65. The second-order valence-electron chi connectivity index (χ2n) is 7.38. The lowest BCUT2D eigenvalue weighted by Crippen LogP contribution is -2.64. The number of carbonyl (C=O) groups excluding carboxylic acids is 2. The summed E-state index contributed by atoms with van der Waals surface area (Å²) in [7, 11) is 0. The number of rotatable bonds is 4. The van der Waals surface area contributed by atoms with E-state index >= 15 is 0 Å². The van der Waals surface area contributed by atoms with Crippen molar-refractivity contribution in [1.82, 2.24) is 9.88 Å². The number of aromatic nitrogens is 1. The van der Waals surface area contributed by atoms with Crippen molar-refractivity contribution in [3.63, 3.8) is 0 Å². The number of nitrogens with zero attached hydrogens (tertiary/aromatic N) is 2. The number of Topliss-reactive ketones (excluding diaryl/α,β-unsaturated/α-hetero) is 1. The number of ether oxygens (including phenoxy) is 3. The third-order valence-corrected chi connectivity index (χ3v) is 5.65. The van der Waals surface area contributed by atoms with Crippen LogP contribution in [0.15, 0.2) is 30.5 Å². The van der Waals surface area contributed by atoms with Gasteiger partial charge in [0, 0.05) is 41.7 Å². The summed E-state index contributed by atoms with van der Waals surface area (Å²) in [5.41, 5.74) is 0.867. The van der Waals surface area contributed by atoms with Gasteiger partial charge in [0.1, 0.15) is 6.10 Å². The number of pyridine rings is 1. The molecule has 8 heteroatoms. The number of morpholine rings is 1. The Kier molecular flexibility index (Phi) is 5.35. The predicted octanol–water partition coefficient (Wildman–Crippen LogP) is 1.22. The lowest BCUT2D eigenvalue weighted by molar-refractivity contribution is -0.195. The largest absolute Gasteiger partial charge is 0.429 e. The molecule has 1 N–H and O–H groups in total. The summed E-state index contributed by atoms with van der Waals surface area (Å²) in [5.74, 6) is -0.795. The Bertz CT molecular complexity index is 889. The smallest absolute Gasteiger partial charge is 0.336 e. The van der Waals surface area contributed by atoms with E-state index in [0.717, 1.165) is 5.56 Å². The highest BCUT2D eigenvalue weighted by Gasteiger charge is 2.51. The van der Waals surface area contributed by atoms with Crippen LogP contribution in [0, 0.1) is 6.92 Å². The van der Waals surface area contributed by atoms with Crippen molar-refractivity contribution in [2.24, 2.45) is 0 Å². The molecule has 0 bridgehead atoms. The van der Waals surface area contributed by atoms with Gasteiger partial charge in [-0.15, -0.1) is 0 Å². The van der Waals surface area contributed by atoms with Gasteiger partial charge in [0.15, 0.2) is 11.3 Å². The van der Waals surface area contributed by atoms with Crippen molar-refractivity contribution in [3.05, 3.63) is 52.9 Å². The van der Waals surface area contributed by atoms with E-state index in [0.29, 0.717) is 43.1 Å². The van der Waals surface area contributed by atoms with E-state index in [1.54, 1.807) is 37.4 Å². The Labute approximate surface area is 168 Å². The summed E-state index contributed by atoms with van der Waals surface area (Å²) in [4.78, 5) is 31.7. The molecule has 0 saturated carbocycles. The average Bonchev–Trinajstić information content (AvgIpc) is 3.11. The molecule has 29 heavy (non-hydrogen) atoms. The first kappa shape index (κ1) is 19.9. The Morgan fingerprint density at radius 2 is 2.07 bits per heavy atom. The zero-order valence-corrected chi connectivity index (χ0v) is 16.5. The van der Waals surface area contributed by atoms with Crippen LogP contribution >= 0.6 is 0 Å². The molecule has 8 nitrogen and oxygen atoms in total. The highest BCUT2D eigenvalue weighted by Crippen LogP contribution is 2.38. The molecule has 2 aliphatic heterocycles. The molecule has 3 atom stereocenters. The maximum absolute atomic E-state index is 13.4. The fourth-order valence-electron chi connectivity index (χ4n) is 4.19. The molecule has 1 aromatic rings. The normalized spacial score (nSPS) is 28.9. The van der Waals surface area contributed by atoms with Crippen molar-refractivity contribution >= 4 is 11.8 Å². The maximum atomic E-state index is 13.4. The number of fused-ring (bicyclic) bond motifs is 1. The molecule has 1 saturated heterocycles. The summed E-state index contributed by atoms with van der Waals surface area (Å²) in [5, 5.41) is 10.8. The summed E-state index contributed by atoms with van der Waals surface area (Å²) in [6.45, 7) is 5.27. The van der Waals surface area contributed by atoms with E-state index in [1.165, 1.54) is 6.92 Å². The molecule has 3 unspecified atom stereocenters. The van der Waals surface area contributed by atoms with Crippen LogP contribution in [0.3, 0.4) is 0 Å². The molecule has 0 radical (unpaired) electrons. The van der Waals surface area contributed by atoms with Crippen molar-refractivity contribution in [2.45, 2.75) is 38.4 Å². The summed E-state index contributed by atoms with van der Waals surface area (Å²) < 4.78 is 16.9. The van der Waals surface area contributed by atoms with Crippen molar-refractivity contribution in [1.29, 1.82) is 0 Å². The van der Waals surface area contributed by atoms with Crippen LogP contribution in [0.2, 0.25) is 0 Å². The molecule has 154 valence electrons. The standard InChI is InChI=1S/C21H24N2O6/c1-13-17(14(2)24)18-15(11-22-13)12-28-19(18)29-20(26)21(6-4-3-5-16(21)25)23-7-9-27-10-8-23/h3-6,11,16,19,25H,7-10,12H2,1-2H3. The number of esters is 1.